The van der Waals surface area contributed by atoms with Crippen LogP contribution in [0.5, 0.6) is 0 Å². The SMILES string of the molecule is Cc1ccc(C(=O)N2CCCC[C@H]2C)o1. The second-order valence-corrected chi connectivity index (χ2v) is 4.25. The van der Waals surface area contributed by atoms with Crippen molar-refractivity contribution >= 4 is 5.91 Å². The van der Waals surface area contributed by atoms with Crippen LogP contribution in [-0.2, 0) is 0 Å². The number of hydrogen-bond donors (Lipinski definition) is 0. The smallest absolute Gasteiger partial charge is 0.289 e. The number of nitrogens with zero attached hydrogens (tertiary/aromatic N) is 1. The summed E-state index contributed by atoms with van der Waals surface area (Å²) in [6.45, 7) is 4.82. The number of piperidine rings is 1. The molecule has 1 aromatic rings. The Hall–Kier alpha value is -1.25. The van der Waals surface area contributed by atoms with Crippen molar-refractivity contribution in [3.8, 4) is 0 Å². The molecule has 3 heteroatoms. The number of amides is 1. The molecule has 1 aromatic heterocycles. The lowest BCUT2D eigenvalue weighted by Gasteiger charge is -2.32. The van der Waals surface area contributed by atoms with E-state index in [4.69, 9.17) is 4.42 Å². The second kappa shape index (κ2) is 4.09. The van der Waals surface area contributed by atoms with Gasteiger partial charge in [-0.2, -0.15) is 0 Å². The summed E-state index contributed by atoms with van der Waals surface area (Å²) in [5.41, 5.74) is 0. The third-order valence-electron chi connectivity index (χ3n) is 3.01. The van der Waals surface area contributed by atoms with Crippen molar-refractivity contribution in [2.75, 3.05) is 6.54 Å². The fourth-order valence-electron chi connectivity index (χ4n) is 2.09. The lowest BCUT2D eigenvalue weighted by molar-refractivity contribution is 0.0601. The highest BCUT2D eigenvalue weighted by Crippen LogP contribution is 2.19. The fourth-order valence-corrected chi connectivity index (χ4v) is 2.09. The molecule has 0 radical (unpaired) electrons. The van der Waals surface area contributed by atoms with Gasteiger partial charge in [-0.25, -0.2) is 0 Å². The van der Waals surface area contributed by atoms with E-state index >= 15 is 0 Å². The molecule has 82 valence electrons. The highest BCUT2D eigenvalue weighted by atomic mass is 16.3. The number of carbonyl (C=O) groups is 1. The van der Waals surface area contributed by atoms with Crippen molar-refractivity contribution < 1.29 is 9.21 Å². The third-order valence-corrected chi connectivity index (χ3v) is 3.01. The van der Waals surface area contributed by atoms with Crippen molar-refractivity contribution in [1.82, 2.24) is 4.90 Å². The summed E-state index contributed by atoms with van der Waals surface area (Å²) >= 11 is 0. The van der Waals surface area contributed by atoms with Crippen molar-refractivity contribution in [3.05, 3.63) is 23.7 Å². The van der Waals surface area contributed by atoms with Crippen LogP contribution in [-0.4, -0.2) is 23.4 Å². The Balaban J connectivity index is 2.13. The predicted molar refractivity (Wildman–Crippen MR) is 57.8 cm³/mol. The first-order valence-corrected chi connectivity index (χ1v) is 5.56. The lowest BCUT2D eigenvalue weighted by Crippen LogP contribution is -2.41. The number of furan rings is 1. The zero-order chi connectivity index (χ0) is 10.8. The van der Waals surface area contributed by atoms with Crippen molar-refractivity contribution in [2.45, 2.75) is 39.2 Å². The molecule has 0 aliphatic carbocycles. The van der Waals surface area contributed by atoms with Crippen molar-refractivity contribution in [1.29, 1.82) is 0 Å². The molecule has 1 fully saturated rings. The van der Waals surface area contributed by atoms with Gasteiger partial charge in [0.2, 0.25) is 0 Å². The van der Waals surface area contributed by atoms with E-state index in [9.17, 15) is 4.79 Å². The molecular formula is C12H17NO2. The third kappa shape index (κ3) is 2.06. The Morgan fingerprint density at radius 2 is 2.27 bits per heavy atom. The minimum Gasteiger partial charge on any atom is -0.456 e. The number of hydrogen-bond acceptors (Lipinski definition) is 2. The van der Waals surface area contributed by atoms with Gasteiger partial charge in [0.25, 0.3) is 5.91 Å². The zero-order valence-corrected chi connectivity index (χ0v) is 9.32. The van der Waals surface area contributed by atoms with Gasteiger partial charge < -0.3 is 9.32 Å². The minimum absolute atomic E-state index is 0.0373. The number of aryl methyl sites for hydroxylation is 1. The van der Waals surface area contributed by atoms with Crippen LogP contribution >= 0.6 is 0 Å². The van der Waals surface area contributed by atoms with Crippen LogP contribution in [0.3, 0.4) is 0 Å². The van der Waals surface area contributed by atoms with E-state index in [0.29, 0.717) is 11.8 Å². The molecule has 1 aliphatic rings. The highest BCUT2D eigenvalue weighted by molar-refractivity contribution is 5.91. The quantitative estimate of drug-likeness (QED) is 0.709. The lowest BCUT2D eigenvalue weighted by atomic mass is 10.0. The summed E-state index contributed by atoms with van der Waals surface area (Å²) in [6.07, 6.45) is 3.43. The molecule has 0 N–H and O–H groups in total. The van der Waals surface area contributed by atoms with Crippen LogP contribution in [0.1, 0.15) is 42.5 Å². The maximum absolute atomic E-state index is 12.1. The van der Waals surface area contributed by atoms with Gasteiger partial charge in [-0.05, 0) is 45.2 Å². The Morgan fingerprint density at radius 1 is 1.47 bits per heavy atom. The predicted octanol–water partition coefficient (Wildman–Crippen LogP) is 2.60. The number of rotatable bonds is 1. The van der Waals surface area contributed by atoms with Gasteiger partial charge in [-0.3, -0.25) is 4.79 Å². The molecule has 1 aliphatic heterocycles. The molecule has 0 spiro atoms. The maximum Gasteiger partial charge on any atom is 0.289 e. The average Bonchev–Trinajstić information content (AvgIpc) is 2.65. The van der Waals surface area contributed by atoms with Crippen LogP contribution < -0.4 is 0 Å². The van der Waals surface area contributed by atoms with Crippen LogP contribution in [0.25, 0.3) is 0 Å². The first-order valence-electron chi connectivity index (χ1n) is 5.56. The molecule has 1 saturated heterocycles. The molecule has 2 heterocycles. The fraction of sp³-hybridized carbons (Fsp3) is 0.583. The monoisotopic (exact) mass is 207 g/mol. The molecular weight excluding hydrogens is 190 g/mol. The minimum atomic E-state index is 0.0373. The molecule has 15 heavy (non-hydrogen) atoms. The van der Waals surface area contributed by atoms with Gasteiger partial charge in [0, 0.05) is 12.6 Å². The number of likely N-dealkylation sites (tertiary alicyclic amines) is 1. The first kappa shape index (κ1) is 10.3. The first-order chi connectivity index (χ1) is 7.18. The van der Waals surface area contributed by atoms with Crippen LogP contribution in [0.2, 0.25) is 0 Å². The molecule has 3 nitrogen and oxygen atoms in total. The summed E-state index contributed by atoms with van der Waals surface area (Å²) in [5.74, 6) is 1.31. The van der Waals surface area contributed by atoms with Crippen molar-refractivity contribution in [3.63, 3.8) is 0 Å². The zero-order valence-electron chi connectivity index (χ0n) is 9.32. The molecule has 0 aromatic carbocycles. The van der Waals surface area contributed by atoms with Gasteiger partial charge in [0.15, 0.2) is 5.76 Å². The summed E-state index contributed by atoms with van der Waals surface area (Å²) in [4.78, 5) is 14.0. The largest absolute Gasteiger partial charge is 0.456 e. The Kier molecular flexibility index (Phi) is 2.80. The van der Waals surface area contributed by atoms with Gasteiger partial charge >= 0.3 is 0 Å². The van der Waals surface area contributed by atoms with E-state index in [1.165, 1.54) is 6.42 Å². The molecule has 0 bridgehead atoms. The van der Waals surface area contributed by atoms with E-state index < -0.39 is 0 Å². The Labute approximate surface area is 90.1 Å². The van der Waals surface area contributed by atoms with E-state index in [-0.39, 0.29) is 5.91 Å². The normalized spacial score (nSPS) is 21.7. The maximum atomic E-state index is 12.1. The highest BCUT2D eigenvalue weighted by Gasteiger charge is 2.25. The number of carbonyl (C=O) groups excluding carboxylic acids is 1. The van der Waals surface area contributed by atoms with Gasteiger partial charge in [0.05, 0.1) is 0 Å². The topological polar surface area (TPSA) is 33.5 Å². The van der Waals surface area contributed by atoms with Gasteiger partial charge in [-0.1, -0.05) is 0 Å². The van der Waals surface area contributed by atoms with Crippen LogP contribution in [0.15, 0.2) is 16.5 Å². The Morgan fingerprint density at radius 3 is 2.87 bits per heavy atom. The summed E-state index contributed by atoms with van der Waals surface area (Å²) in [5, 5.41) is 0. The van der Waals surface area contributed by atoms with Crippen LogP contribution in [0.4, 0.5) is 0 Å². The van der Waals surface area contributed by atoms with E-state index in [2.05, 4.69) is 6.92 Å². The summed E-state index contributed by atoms with van der Waals surface area (Å²) < 4.78 is 5.36. The van der Waals surface area contributed by atoms with Crippen LogP contribution in [0, 0.1) is 6.92 Å². The molecule has 0 saturated carbocycles. The summed E-state index contributed by atoms with van der Waals surface area (Å²) in [6, 6.07) is 3.94. The average molecular weight is 207 g/mol. The van der Waals surface area contributed by atoms with E-state index in [1.807, 2.05) is 17.9 Å². The van der Waals surface area contributed by atoms with Gasteiger partial charge in [0.1, 0.15) is 5.76 Å². The Bertz CT molecular complexity index is 356. The molecule has 2 rings (SSSR count). The van der Waals surface area contributed by atoms with E-state index in [1.54, 1.807) is 6.07 Å². The molecule has 1 atom stereocenters. The molecule has 0 unspecified atom stereocenters. The van der Waals surface area contributed by atoms with E-state index in [0.717, 1.165) is 25.1 Å². The van der Waals surface area contributed by atoms with Crippen molar-refractivity contribution in [2.24, 2.45) is 0 Å². The van der Waals surface area contributed by atoms with Gasteiger partial charge in [-0.15, -0.1) is 0 Å². The molecule has 1 amide bonds. The standard InChI is InChI=1S/C12H17NO2/c1-9-5-3-4-8-13(9)12(14)11-7-6-10(2)15-11/h6-7,9H,3-5,8H2,1-2H3/t9-/m1/s1. The second-order valence-electron chi connectivity index (χ2n) is 4.25. The summed E-state index contributed by atoms with van der Waals surface area (Å²) in [7, 11) is 0.